The van der Waals surface area contributed by atoms with Gasteiger partial charge in [0.2, 0.25) is 0 Å². The summed E-state index contributed by atoms with van der Waals surface area (Å²) in [6, 6.07) is 3.54. The number of hydrogen-bond acceptors (Lipinski definition) is 4. The number of likely N-dealkylation sites (tertiary alicyclic amines) is 1. The number of nitrogens with zero attached hydrogens (tertiary/aromatic N) is 4. The normalized spacial score (nSPS) is 19.3. The zero-order chi connectivity index (χ0) is 16.0. The summed E-state index contributed by atoms with van der Waals surface area (Å²) in [5.74, 6) is 1.66. The average Bonchev–Trinajstić information content (AvgIpc) is 3.18. The lowest BCUT2D eigenvalue weighted by Gasteiger charge is -2.32. The minimum atomic E-state index is -0.0746. The summed E-state index contributed by atoms with van der Waals surface area (Å²) in [4.78, 5) is 26.5. The first-order chi connectivity index (χ1) is 11.1. The lowest BCUT2D eigenvalue weighted by molar-refractivity contribution is 0.0660. The van der Waals surface area contributed by atoms with Gasteiger partial charge in [-0.05, 0) is 37.8 Å². The molecule has 1 aliphatic carbocycles. The Labute approximate surface area is 133 Å². The molecule has 0 N–H and O–H groups in total. The maximum atomic E-state index is 12.4. The Morgan fingerprint density at radius 1 is 1.26 bits per heavy atom. The Kier molecular flexibility index (Phi) is 3.36. The summed E-state index contributed by atoms with van der Waals surface area (Å²) in [6.45, 7) is 1.27. The third-order valence-electron chi connectivity index (χ3n) is 4.77. The molecule has 0 bridgehead atoms. The van der Waals surface area contributed by atoms with Crippen molar-refractivity contribution in [1.82, 2.24) is 19.2 Å². The highest BCUT2D eigenvalue weighted by Crippen LogP contribution is 2.40. The van der Waals surface area contributed by atoms with Crippen LogP contribution in [-0.2, 0) is 7.05 Å². The van der Waals surface area contributed by atoms with Crippen molar-refractivity contribution >= 4 is 5.91 Å². The first kappa shape index (κ1) is 14.3. The summed E-state index contributed by atoms with van der Waals surface area (Å²) in [6.07, 6.45) is 5.30. The number of hydrogen-bond donors (Lipinski definition) is 0. The van der Waals surface area contributed by atoms with E-state index in [1.807, 2.05) is 4.57 Å². The van der Waals surface area contributed by atoms with Crippen LogP contribution in [0.25, 0.3) is 0 Å². The molecule has 1 saturated heterocycles. The third-order valence-corrected chi connectivity index (χ3v) is 4.77. The number of amides is 1. The predicted octanol–water partition coefficient (Wildman–Crippen LogP) is 1.53. The molecule has 0 atom stereocenters. The summed E-state index contributed by atoms with van der Waals surface area (Å²) in [5, 5.41) is 4.41. The molecular weight excluding hydrogens is 296 g/mol. The Morgan fingerprint density at radius 3 is 2.61 bits per heavy atom. The minimum absolute atomic E-state index is 0.0392. The van der Waals surface area contributed by atoms with Gasteiger partial charge in [-0.1, -0.05) is 0 Å². The fourth-order valence-electron chi connectivity index (χ4n) is 3.34. The van der Waals surface area contributed by atoms with Crippen LogP contribution in [0.1, 0.15) is 54.0 Å². The van der Waals surface area contributed by atoms with E-state index in [4.69, 9.17) is 4.42 Å². The maximum Gasteiger partial charge on any atom is 0.345 e. The van der Waals surface area contributed by atoms with Crippen molar-refractivity contribution < 1.29 is 9.21 Å². The second kappa shape index (κ2) is 5.40. The Balaban J connectivity index is 1.50. The van der Waals surface area contributed by atoms with Gasteiger partial charge < -0.3 is 9.32 Å². The quantitative estimate of drug-likeness (QED) is 0.861. The third kappa shape index (κ3) is 2.50. The topological polar surface area (TPSA) is 73.3 Å². The number of piperidine rings is 1. The first-order valence-electron chi connectivity index (χ1n) is 8.13. The van der Waals surface area contributed by atoms with Gasteiger partial charge in [0.15, 0.2) is 5.76 Å². The van der Waals surface area contributed by atoms with E-state index < -0.39 is 0 Å². The van der Waals surface area contributed by atoms with Crippen molar-refractivity contribution in [3.8, 4) is 0 Å². The molecule has 2 aliphatic rings. The Bertz CT molecular complexity index is 762. The molecule has 2 aromatic rings. The summed E-state index contributed by atoms with van der Waals surface area (Å²) >= 11 is 0. The lowest BCUT2D eigenvalue weighted by Crippen LogP contribution is -2.41. The molecule has 0 unspecified atom stereocenters. The second-order valence-electron chi connectivity index (χ2n) is 6.41. The monoisotopic (exact) mass is 316 g/mol. The lowest BCUT2D eigenvalue weighted by atomic mass is 10.0. The van der Waals surface area contributed by atoms with Crippen molar-refractivity contribution in [3.63, 3.8) is 0 Å². The molecule has 0 spiro atoms. The number of carbonyl (C=O) groups is 1. The SMILES string of the molecule is Cn1nc(C2CC2)n(C2CCN(C(=O)c3ccco3)CC2)c1=O. The van der Waals surface area contributed by atoms with Crippen LogP contribution in [0.2, 0.25) is 0 Å². The number of furan rings is 1. The van der Waals surface area contributed by atoms with Gasteiger partial charge in [-0.3, -0.25) is 9.36 Å². The van der Waals surface area contributed by atoms with Gasteiger partial charge in [0.1, 0.15) is 5.82 Å². The molecule has 1 saturated carbocycles. The van der Waals surface area contributed by atoms with E-state index >= 15 is 0 Å². The molecule has 7 heteroatoms. The van der Waals surface area contributed by atoms with E-state index in [0.717, 1.165) is 31.5 Å². The highest BCUT2D eigenvalue weighted by atomic mass is 16.3. The molecule has 1 amide bonds. The van der Waals surface area contributed by atoms with Gasteiger partial charge in [0.25, 0.3) is 5.91 Å². The van der Waals surface area contributed by atoms with Crippen LogP contribution in [0.3, 0.4) is 0 Å². The standard InChI is InChI=1S/C16H20N4O3/c1-18-16(22)20(14(17-18)11-4-5-11)12-6-8-19(9-7-12)15(21)13-3-2-10-23-13/h2-3,10-12H,4-9H2,1H3. The van der Waals surface area contributed by atoms with Crippen molar-refractivity contribution in [2.45, 2.75) is 37.6 Å². The molecule has 4 rings (SSSR count). The smallest absolute Gasteiger partial charge is 0.345 e. The molecule has 2 fully saturated rings. The van der Waals surface area contributed by atoms with Crippen molar-refractivity contribution in [3.05, 3.63) is 40.5 Å². The number of rotatable bonds is 3. The predicted molar refractivity (Wildman–Crippen MR) is 82.3 cm³/mol. The number of aromatic nitrogens is 3. The van der Waals surface area contributed by atoms with Gasteiger partial charge in [-0.15, -0.1) is 0 Å². The molecule has 23 heavy (non-hydrogen) atoms. The highest BCUT2D eigenvalue weighted by molar-refractivity contribution is 5.91. The van der Waals surface area contributed by atoms with Crippen molar-refractivity contribution in [2.24, 2.45) is 7.05 Å². The van der Waals surface area contributed by atoms with E-state index in [1.54, 1.807) is 24.1 Å². The second-order valence-corrected chi connectivity index (χ2v) is 6.41. The number of carbonyl (C=O) groups excluding carboxylic acids is 1. The van der Waals surface area contributed by atoms with Gasteiger partial charge in [0.05, 0.1) is 6.26 Å². The van der Waals surface area contributed by atoms with Gasteiger partial charge in [-0.2, -0.15) is 5.10 Å². The van der Waals surface area contributed by atoms with E-state index in [0.29, 0.717) is 24.8 Å². The van der Waals surface area contributed by atoms with Crippen LogP contribution in [-0.4, -0.2) is 38.2 Å². The van der Waals surface area contributed by atoms with Crippen LogP contribution < -0.4 is 5.69 Å². The minimum Gasteiger partial charge on any atom is -0.459 e. The summed E-state index contributed by atoms with van der Waals surface area (Å²) in [7, 11) is 1.71. The fraction of sp³-hybridized carbons (Fsp3) is 0.562. The van der Waals surface area contributed by atoms with Crippen LogP contribution >= 0.6 is 0 Å². The van der Waals surface area contributed by atoms with Crippen LogP contribution in [0.5, 0.6) is 0 Å². The van der Waals surface area contributed by atoms with Crippen molar-refractivity contribution in [2.75, 3.05) is 13.1 Å². The van der Waals surface area contributed by atoms with Crippen molar-refractivity contribution in [1.29, 1.82) is 0 Å². The molecule has 1 aliphatic heterocycles. The molecule has 2 aromatic heterocycles. The van der Waals surface area contributed by atoms with Crippen LogP contribution in [0.15, 0.2) is 27.6 Å². The molecule has 0 radical (unpaired) electrons. The molecule has 122 valence electrons. The largest absolute Gasteiger partial charge is 0.459 e. The van der Waals surface area contributed by atoms with Crippen LogP contribution in [0.4, 0.5) is 0 Å². The van der Waals surface area contributed by atoms with Gasteiger partial charge in [0, 0.05) is 32.1 Å². The highest BCUT2D eigenvalue weighted by Gasteiger charge is 2.34. The van der Waals surface area contributed by atoms with Gasteiger partial charge in [-0.25, -0.2) is 9.48 Å². The molecule has 7 nitrogen and oxygen atoms in total. The zero-order valence-electron chi connectivity index (χ0n) is 13.1. The van der Waals surface area contributed by atoms with E-state index in [1.165, 1.54) is 10.9 Å². The summed E-state index contributed by atoms with van der Waals surface area (Å²) < 4.78 is 8.49. The van der Waals surface area contributed by atoms with Crippen LogP contribution in [0, 0.1) is 0 Å². The van der Waals surface area contributed by atoms with Gasteiger partial charge >= 0.3 is 5.69 Å². The number of aryl methyl sites for hydroxylation is 1. The fourth-order valence-corrected chi connectivity index (χ4v) is 3.34. The summed E-state index contributed by atoms with van der Waals surface area (Å²) in [5.41, 5.74) is -0.0392. The Morgan fingerprint density at radius 2 is 2.00 bits per heavy atom. The first-order valence-corrected chi connectivity index (χ1v) is 8.13. The van der Waals surface area contributed by atoms with E-state index in [9.17, 15) is 9.59 Å². The van der Waals surface area contributed by atoms with E-state index in [2.05, 4.69) is 5.10 Å². The maximum absolute atomic E-state index is 12.4. The Hall–Kier alpha value is -2.31. The average molecular weight is 316 g/mol. The molecular formula is C16H20N4O3. The molecule has 0 aromatic carbocycles. The van der Waals surface area contributed by atoms with E-state index in [-0.39, 0.29) is 17.6 Å². The zero-order valence-corrected chi connectivity index (χ0v) is 13.1. The molecule has 3 heterocycles.